The van der Waals surface area contributed by atoms with Crippen molar-refractivity contribution in [3.05, 3.63) is 52.1 Å². The van der Waals surface area contributed by atoms with E-state index in [1.54, 1.807) is 7.11 Å². The van der Waals surface area contributed by atoms with E-state index < -0.39 is 8.60 Å². The molecule has 0 bridgehead atoms. The van der Waals surface area contributed by atoms with Crippen LogP contribution in [0.25, 0.3) is 0 Å². The molecule has 0 aromatic heterocycles. The van der Waals surface area contributed by atoms with Gasteiger partial charge in [0.1, 0.15) is 22.8 Å². The van der Waals surface area contributed by atoms with Crippen LogP contribution in [0, 0.1) is 45.4 Å². The summed E-state index contributed by atoms with van der Waals surface area (Å²) in [5.41, 5.74) is 5.74. The van der Waals surface area contributed by atoms with Gasteiger partial charge in [0.25, 0.3) is 0 Å². The largest absolute Gasteiger partial charge is 0.487 e. The van der Waals surface area contributed by atoms with E-state index in [1.165, 1.54) is 62.5 Å². The van der Waals surface area contributed by atoms with Crippen molar-refractivity contribution < 1.29 is 18.3 Å². The number of benzene rings is 2. The molecule has 0 spiro atoms. The molecule has 0 amide bonds. The van der Waals surface area contributed by atoms with Crippen molar-refractivity contribution in [2.24, 2.45) is 17.8 Å². The SMILES string of the molecule is COP(Oc1ccc(C)cc1)Oc1c(C)c(C)c2c(c1C)CCC(C)(CCCC(C)CCCC(C)CCCC(C)C)O2. The maximum atomic E-state index is 6.84. The highest BCUT2D eigenvalue weighted by atomic mass is 31.2. The van der Waals surface area contributed by atoms with Gasteiger partial charge < -0.3 is 13.8 Å². The highest BCUT2D eigenvalue weighted by molar-refractivity contribution is 7.42. The maximum Gasteiger partial charge on any atom is 0.462 e. The van der Waals surface area contributed by atoms with Crippen molar-refractivity contribution in [2.45, 2.75) is 139 Å². The minimum Gasteiger partial charge on any atom is -0.487 e. The molecule has 42 heavy (non-hydrogen) atoms. The Morgan fingerprint density at radius 1 is 0.786 bits per heavy atom. The summed E-state index contributed by atoms with van der Waals surface area (Å²) in [6.45, 7) is 20.4. The van der Waals surface area contributed by atoms with Gasteiger partial charge in [0.15, 0.2) is 0 Å². The van der Waals surface area contributed by atoms with E-state index in [1.807, 2.05) is 24.3 Å². The lowest BCUT2D eigenvalue weighted by atomic mass is 9.84. The summed E-state index contributed by atoms with van der Waals surface area (Å²) < 4.78 is 24.9. The lowest BCUT2D eigenvalue weighted by Gasteiger charge is -2.38. The van der Waals surface area contributed by atoms with Gasteiger partial charge in [-0.2, -0.15) is 0 Å². The molecule has 0 saturated heterocycles. The van der Waals surface area contributed by atoms with Crippen molar-refractivity contribution in [3.8, 4) is 17.2 Å². The predicted molar refractivity (Wildman–Crippen MR) is 179 cm³/mol. The van der Waals surface area contributed by atoms with Gasteiger partial charge in [-0.3, -0.25) is 4.52 Å². The number of hydrogen-bond donors (Lipinski definition) is 0. The zero-order valence-electron chi connectivity index (χ0n) is 28.4. The zero-order valence-corrected chi connectivity index (χ0v) is 29.3. The lowest BCUT2D eigenvalue weighted by molar-refractivity contribution is 0.0512. The first-order chi connectivity index (χ1) is 19.9. The normalized spacial score (nSPS) is 18.7. The van der Waals surface area contributed by atoms with Gasteiger partial charge in [-0.15, -0.1) is 0 Å². The molecule has 4 nitrogen and oxygen atoms in total. The summed E-state index contributed by atoms with van der Waals surface area (Å²) in [6, 6.07) is 7.97. The Hall–Kier alpha value is -1.77. The molecule has 0 radical (unpaired) electrons. The van der Waals surface area contributed by atoms with E-state index in [0.717, 1.165) is 71.0 Å². The summed E-state index contributed by atoms with van der Waals surface area (Å²) >= 11 is 0. The van der Waals surface area contributed by atoms with Crippen molar-refractivity contribution >= 4 is 8.60 Å². The molecular formula is C37H59O4P. The monoisotopic (exact) mass is 598 g/mol. The van der Waals surface area contributed by atoms with Crippen molar-refractivity contribution in [1.82, 2.24) is 0 Å². The second-order valence-corrected chi connectivity index (χ2v) is 15.0. The Balaban J connectivity index is 1.53. The van der Waals surface area contributed by atoms with Crippen molar-refractivity contribution in [3.63, 3.8) is 0 Å². The zero-order chi connectivity index (χ0) is 30.9. The Labute approximate surface area is 259 Å². The number of hydrogen-bond acceptors (Lipinski definition) is 4. The van der Waals surface area contributed by atoms with Gasteiger partial charge in [0.05, 0.1) is 0 Å². The minimum atomic E-state index is -1.57. The van der Waals surface area contributed by atoms with E-state index in [2.05, 4.69) is 62.3 Å². The number of ether oxygens (including phenoxy) is 1. The molecule has 0 N–H and O–H groups in total. The van der Waals surface area contributed by atoms with Crippen LogP contribution >= 0.6 is 8.60 Å². The summed E-state index contributed by atoms with van der Waals surface area (Å²) in [5.74, 6) is 5.17. The Morgan fingerprint density at radius 2 is 1.38 bits per heavy atom. The third-order valence-corrected chi connectivity index (χ3v) is 10.3. The second kappa shape index (κ2) is 16.3. The van der Waals surface area contributed by atoms with Gasteiger partial charge in [-0.1, -0.05) is 90.3 Å². The van der Waals surface area contributed by atoms with Crippen LogP contribution in [-0.4, -0.2) is 12.7 Å². The Morgan fingerprint density at radius 3 is 1.98 bits per heavy atom. The average Bonchev–Trinajstić information content (AvgIpc) is 2.94. The van der Waals surface area contributed by atoms with Gasteiger partial charge in [0, 0.05) is 12.7 Å². The molecule has 1 aliphatic heterocycles. The molecule has 1 heterocycles. The molecular weight excluding hydrogens is 539 g/mol. The van der Waals surface area contributed by atoms with Crippen LogP contribution in [0.4, 0.5) is 0 Å². The Bertz CT molecular complexity index is 1110. The van der Waals surface area contributed by atoms with Crippen LogP contribution in [0.2, 0.25) is 0 Å². The summed E-state index contributed by atoms with van der Waals surface area (Å²) in [5, 5.41) is 0. The lowest BCUT2D eigenvalue weighted by Crippen LogP contribution is -2.37. The first-order valence-electron chi connectivity index (χ1n) is 16.5. The van der Waals surface area contributed by atoms with Crippen LogP contribution in [-0.2, 0) is 10.9 Å². The fourth-order valence-electron chi connectivity index (χ4n) is 6.25. The molecule has 4 atom stereocenters. The smallest absolute Gasteiger partial charge is 0.462 e. The summed E-state index contributed by atoms with van der Waals surface area (Å²) in [6.07, 6.45) is 13.9. The van der Waals surface area contributed by atoms with Gasteiger partial charge in [-0.05, 0) is 107 Å². The molecule has 1 aliphatic rings. The second-order valence-electron chi connectivity index (χ2n) is 13.8. The van der Waals surface area contributed by atoms with Crippen molar-refractivity contribution in [2.75, 3.05) is 7.11 Å². The molecule has 236 valence electrons. The third-order valence-electron chi connectivity index (χ3n) is 9.35. The topological polar surface area (TPSA) is 36.9 Å². The van der Waals surface area contributed by atoms with Crippen LogP contribution in [0.1, 0.15) is 127 Å². The standard InChI is InChI=1S/C37H59O4P/c1-26(2)14-11-15-27(3)16-12-17-28(4)18-13-24-37(9)25-23-34-32(8)35(30(6)31(7)36(34)39-37)41-42(38-10)40-33-21-19-29(5)20-22-33/h19-22,26-28H,11-18,23-25H2,1-10H3. The maximum absolute atomic E-state index is 6.84. The van der Waals surface area contributed by atoms with E-state index in [9.17, 15) is 0 Å². The van der Waals surface area contributed by atoms with Crippen molar-refractivity contribution in [1.29, 1.82) is 0 Å². The van der Waals surface area contributed by atoms with Gasteiger partial charge in [0.2, 0.25) is 0 Å². The third kappa shape index (κ3) is 10.2. The minimum absolute atomic E-state index is 0.114. The molecule has 0 aliphatic carbocycles. The first kappa shape index (κ1) is 34.7. The van der Waals surface area contributed by atoms with E-state index in [0.29, 0.717) is 0 Å². The van der Waals surface area contributed by atoms with Crippen LogP contribution < -0.4 is 13.8 Å². The molecule has 0 saturated carbocycles. The molecule has 5 heteroatoms. The van der Waals surface area contributed by atoms with Crippen LogP contribution in [0.3, 0.4) is 0 Å². The van der Waals surface area contributed by atoms with Crippen LogP contribution in [0.15, 0.2) is 24.3 Å². The Kier molecular flexibility index (Phi) is 13.5. The van der Waals surface area contributed by atoms with E-state index >= 15 is 0 Å². The van der Waals surface area contributed by atoms with Gasteiger partial charge in [-0.25, -0.2) is 0 Å². The summed E-state index contributed by atoms with van der Waals surface area (Å²) in [4.78, 5) is 0. The molecule has 0 fully saturated rings. The quantitative estimate of drug-likeness (QED) is 0.170. The number of fused-ring (bicyclic) bond motifs is 1. The molecule has 2 aromatic rings. The predicted octanol–water partition coefficient (Wildman–Crippen LogP) is 11.8. The fourth-order valence-corrected chi connectivity index (χ4v) is 7.15. The summed E-state index contributed by atoms with van der Waals surface area (Å²) in [7, 11) is 0.0726. The molecule has 4 unspecified atom stereocenters. The number of aryl methyl sites for hydroxylation is 1. The fraction of sp³-hybridized carbons (Fsp3) is 0.676. The molecule has 3 rings (SSSR count). The number of rotatable bonds is 17. The van der Waals surface area contributed by atoms with Gasteiger partial charge >= 0.3 is 8.60 Å². The van der Waals surface area contributed by atoms with Crippen LogP contribution in [0.5, 0.6) is 17.2 Å². The van der Waals surface area contributed by atoms with E-state index in [-0.39, 0.29) is 5.60 Å². The average molecular weight is 599 g/mol. The molecule has 2 aromatic carbocycles. The van der Waals surface area contributed by atoms with E-state index in [4.69, 9.17) is 18.3 Å². The first-order valence-corrected chi connectivity index (χ1v) is 17.6. The highest BCUT2D eigenvalue weighted by Crippen LogP contribution is 2.49. The highest BCUT2D eigenvalue weighted by Gasteiger charge is 2.35.